The first-order valence-electron chi connectivity index (χ1n) is 9.69. The first-order chi connectivity index (χ1) is 14.9. The van der Waals surface area contributed by atoms with E-state index in [0.29, 0.717) is 11.2 Å². The minimum atomic E-state index is -4.53. The predicted molar refractivity (Wildman–Crippen MR) is 115 cm³/mol. The highest BCUT2D eigenvalue weighted by atomic mass is 19.4. The highest BCUT2D eigenvalue weighted by molar-refractivity contribution is 5.99. The van der Waals surface area contributed by atoms with Gasteiger partial charge in [0.15, 0.2) is 5.82 Å². The van der Waals surface area contributed by atoms with Gasteiger partial charge in [0.25, 0.3) is 0 Å². The lowest BCUT2D eigenvalue weighted by atomic mass is 10.0. The number of hydrogen-bond acceptors (Lipinski definition) is 4. The van der Waals surface area contributed by atoms with Crippen LogP contribution in [0, 0.1) is 0 Å². The fourth-order valence-corrected chi connectivity index (χ4v) is 3.06. The zero-order chi connectivity index (χ0) is 22.6. The number of benzene rings is 2. The molecular weight excluding hydrogens is 405 g/mol. The van der Waals surface area contributed by atoms with Gasteiger partial charge in [-0.3, -0.25) is 0 Å². The molecule has 1 N–H and O–H groups in total. The molecule has 0 saturated carbocycles. The summed E-state index contributed by atoms with van der Waals surface area (Å²) >= 11 is 0. The van der Waals surface area contributed by atoms with E-state index in [1.807, 2.05) is 56.3 Å². The smallest absolute Gasteiger partial charge is 0.411 e. The minimum absolute atomic E-state index is 0.0870. The van der Waals surface area contributed by atoms with Crippen LogP contribution in [0.3, 0.4) is 0 Å². The molecule has 2 heterocycles. The van der Waals surface area contributed by atoms with Crippen molar-refractivity contribution in [2.45, 2.75) is 26.9 Å². The molecule has 0 radical (unpaired) electrons. The Labute approximate surface area is 177 Å². The van der Waals surface area contributed by atoms with Crippen LogP contribution in [0.2, 0.25) is 0 Å². The van der Waals surface area contributed by atoms with Crippen LogP contribution >= 0.6 is 0 Å². The summed E-state index contributed by atoms with van der Waals surface area (Å²) in [5.74, 6) is 0.0870. The Balaban J connectivity index is 0.00000132. The Morgan fingerprint density at radius 2 is 1.68 bits per heavy atom. The van der Waals surface area contributed by atoms with Crippen LogP contribution in [0.15, 0.2) is 72.0 Å². The van der Waals surface area contributed by atoms with Crippen LogP contribution in [0.4, 0.5) is 13.2 Å². The second kappa shape index (κ2) is 8.99. The minimum Gasteiger partial charge on any atom is -0.411 e. The largest absolute Gasteiger partial charge is 0.433 e. The van der Waals surface area contributed by atoms with Crippen molar-refractivity contribution in [1.29, 1.82) is 0 Å². The first kappa shape index (κ1) is 22.0. The lowest BCUT2D eigenvalue weighted by Crippen LogP contribution is -2.10. The average Bonchev–Trinajstić information content (AvgIpc) is 3.23. The van der Waals surface area contributed by atoms with Crippen molar-refractivity contribution in [1.82, 2.24) is 14.8 Å². The fourth-order valence-electron chi connectivity index (χ4n) is 3.06. The molecule has 0 bridgehead atoms. The van der Waals surface area contributed by atoms with Crippen molar-refractivity contribution in [3.05, 3.63) is 78.1 Å². The van der Waals surface area contributed by atoms with Crippen LogP contribution < -0.4 is 0 Å². The van der Waals surface area contributed by atoms with Gasteiger partial charge in [-0.15, -0.1) is 0 Å². The Kier molecular flexibility index (Phi) is 6.39. The number of oxime groups is 1. The molecule has 0 amide bonds. The van der Waals surface area contributed by atoms with Crippen LogP contribution in [0.5, 0.6) is 0 Å². The number of alkyl halides is 3. The molecule has 0 atom stereocenters. The summed E-state index contributed by atoms with van der Waals surface area (Å²) in [4.78, 5) is 3.72. The van der Waals surface area contributed by atoms with Crippen molar-refractivity contribution in [2.24, 2.45) is 5.16 Å². The van der Waals surface area contributed by atoms with Gasteiger partial charge in [-0.2, -0.15) is 18.3 Å². The van der Waals surface area contributed by atoms with Gasteiger partial charge in [0, 0.05) is 5.39 Å². The molecule has 0 aliphatic carbocycles. The Hall–Kier alpha value is -3.68. The number of halogens is 3. The molecular formula is C23H21F3N4O. The van der Waals surface area contributed by atoms with E-state index in [1.165, 1.54) is 16.8 Å². The van der Waals surface area contributed by atoms with Crippen molar-refractivity contribution in [3.8, 4) is 16.9 Å². The van der Waals surface area contributed by atoms with E-state index in [4.69, 9.17) is 5.21 Å². The normalized spacial score (nSPS) is 11.9. The Morgan fingerprint density at radius 1 is 0.968 bits per heavy atom. The van der Waals surface area contributed by atoms with E-state index in [0.717, 1.165) is 28.1 Å². The van der Waals surface area contributed by atoms with Crippen LogP contribution in [0.1, 0.15) is 32.0 Å². The number of hydrogen-bond donors (Lipinski definition) is 1. The summed E-state index contributed by atoms with van der Waals surface area (Å²) in [6.07, 6.45) is -2.95. The zero-order valence-electron chi connectivity index (χ0n) is 17.2. The molecule has 0 unspecified atom stereocenters. The number of rotatable bonds is 3. The number of fused-ring (bicyclic) bond motifs is 1. The van der Waals surface area contributed by atoms with Gasteiger partial charge in [0.05, 0.1) is 17.4 Å². The van der Waals surface area contributed by atoms with Crippen LogP contribution in [0.25, 0.3) is 27.8 Å². The highest BCUT2D eigenvalue weighted by Crippen LogP contribution is 2.30. The number of pyridine rings is 1. The van der Waals surface area contributed by atoms with Gasteiger partial charge < -0.3 is 5.21 Å². The second-order valence-electron chi connectivity index (χ2n) is 6.47. The molecule has 2 aromatic carbocycles. The van der Waals surface area contributed by atoms with Gasteiger partial charge in [-0.05, 0) is 47.9 Å². The summed E-state index contributed by atoms with van der Waals surface area (Å²) in [6.45, 7) is 5.69. The van der Waals surface area contributed by atoms with Crippen LogP contribution in [-0.2, 0) is 6.18 Å². The molecule has 4 rings (SSSR count). The molecule has 0 fully saturated rings. The van der Waals surface area contributed by atoms with E-state index in [1.54, 1.807) is 13.1 Å². The average molecular weight is 426 g/mol. The van der Waals surface area contributed by atoms with Crippen molar-refractivity contribution in [2.75, 3.05) is 0 Å². The zero-order valence-corrected chi connectivity index (χ0v) is 17.2. The lowest BCUT2D eigenvalue weighted by molar-refractivity contribution is -0.141. The fraction of sp³-hybridized carbons (Fsp3) is 0.174. The SMILES string of the molecule is C/C(=N/O)c1cccc(-c2ccc3cnn(-c4cccc(C(F)(F)F)n4)c3c2)c1.CC. The van der Waals surface area contributed by atoms with E-state index in [2.05, 4.69) is 15.2 Å². The summed E-state index contributed by atoms with van der Waals surface area (Å²) in [7, 11) is 0. The first-order valence-corrected chi connectivity index (χ1v) is 9.69. The molecule has 0 aliphatic heterocycles. The van der Waals surface area contributed by atoms with E-state index in [-0.39, 0.29) is 5.82 Å². The Bertz CT molecular complexity index is 1230. The van der Waals surface area contributed by atoms with Gasteiger partial charge >= 0.3 is 6.18 Å². The Morgan fingerprint density at radius 3 is 2.39 bits per heavy atom. The summed E-state index contributed by atoms with van der Waals surface area (Å²) in [5, 5.41) is 17.2. The maximum absolute atomic E-state index is 13.0. The topological polar surface area (TPSA) is 63.3 Å². The summed E-state index contributed by atoms with van der Waals surface area (Å²) in [6, 6.07) is 16.8. The molecule has 0 spiro atoms. The molecule has 2 aromatic heterocycles. The lowest BCUT2D eigenvalue weighted by Gasteiger charge is -2.09. The molecule has 5 nitrogen and oxygen atoms in total. The molecule has 0 aliphatic rings. The van der Waals surface area contributed by atoms with E-state index < -0.39 is 11.9 Å². The van der Waals surface area contributed by atoms with Crippen molar-refractivity contribution in [3.63, 3.8) is 0 Å². The number of aromatic nitrogens is 3. The maximum atomic E-state index is 13.0. The second-order valence-corrected chi connectivity index (χ2v) is 6.47. The van der Waals surface area contributed by atoms with Gasteiger partial charge in [0.1, 0.15) is 5.69 Å². The van der Waals surface area contributed by atoms with Crippen LogP contribution in [-0.4, -0.2) is 25.7 Å². The predicted octanol–water partition coefficient (Wildman–Crippen LogP) is 6.33. The van der Waals surface area contributed by atoms with E-state index >= 15 is 0 Å². The van der Waals surface area contributed by atoms with E-state index in [9.17, 15) is 13.2 Å². The molecule has 160 valence electrons. The van der Waals surface area contributed by atoms with Gasteiger partial charge in [0.2, 0.25) is 0 Å². The quantitative estimate of drug-likeness (QED) is 0.236. The summed E-state index contributed by atoms with van der Waals surface area (Å²) in [5.41, 5.74) is 2.62. The molecule has 4 aromatic rings. The summed E-state index contributed by atoms with van der Waals surface area (Å²) < 4.78 is 40.5. The molecule has 0 saturated heterocycles. The molecule has 31 heavy (non-hydrogen) atoms. The highest BCUT2D eigenvalue weighted by Gasteiger charge is 2.32. The third kappa shape index (κ3) is 4.58. The standard InChI is InChI=1S/C21H15F3N4O.C2H6/c1-13(27-29)14-4-2-5-15(10-14)16-8-9-17-12-25-28(18(17)11-16)20-7-3-6-19(26-20)21(22,23)24;1-2/h2-12,29H,1H3;1-2H3/b27-13-;. The van der Waals surface area contributed by atoms with Crippen molar-refractivity contribution >= 4 is 16.6 Å². The third-order valence-corrected chi connectivity index (χ3v) is 4.58. The maximum Gasteiger partial charge on any atom is 0.433 e. The number of nitrogens with zero attached hydrogens (tertiary/aromatic N) is 4. The third-order valence-electron chi connectivity index (χ3n) is 4.58. The monoisotopic (exact) mass is 426 g/mol. The van der Waals surface area contributed by atoms with Gasteiger partial charge in [-0.1, -0.05) is 55.4 Å². The molecule has 8 heteroatoms. The van der Waals surface area contributed by atoms with Gasteiger partial charge in [-0.25, -0.2) is 9.67 Å². The van der Waals surface area contributed by atoms with Crippen molar-refractivity contribution < 1.29 is 18.4 Å².